The van der Waals surface area contributed by atoms with Gasteiger partial charge in [0.2, 0.25) is 0 Å². The Labute approximate surface area is 176 Å². The van der Waals surface area contributed by atoms with Crippen molar-refractivity contribution in [2.24, 2.45) is 5.92 Å². The molecule has 0 unspecified atom stereocenters. The lowest BCUT2D eigenvalue weighted by atomic mass is 9.86. The highest BCUT2D eigenvalue weighted by Crippen LogP contribution is 2.30. The van der Waals surface area contributed by atoms with Crippen LogP contribution in [-0.2, 0) is 0 Å². The number of fused-ring (bicyclic) bond motifs is 1. The summed E-state index contributed by atoms with van der Waals surface area (Å²) < 4.78 is 0. The molecule has 2 N–H and O–H groups in total. The molecule has 1 aliphatic carbocycles. The van der Waals surface area contributed by atoms with Crippen LogP contribution in [0, 0.1) is 5.92 Å². The molecule has 2 aromatic heterocycles. The van der Waals surface area contributed by atoms with Gasteiger partial charge in [0.15, 0.2) is 0 Å². The van der Waals surface area contributed by atoms with E-state index in [-0.39, 0.29) is 5.91 Å². The minimum atomic E-state index is 0.0526. The largest absolute Gasteiger partial charge is 0.377 e. The number of nitrogens with zero attached hydrogens (tertiary/aromatic N) is 2. The highest BCUT2D eigenvalue weighted by molar-refractivity contribution is 7.12. The van der Waals surface area contributed by atoms with E-state index >= 15 is 0 Å². The van der Waals surface area contributed by atoms with Crippen molar-refractivity contribution in [2.75, 3.05) is 30.9 Å². The van der Waals surface area contributed by atoms with Gasteiger partial charge in [0.1, 0.15) is 5.82 Å². The minimum absolute atomic E-state index is 0.0526. The topological polar surface area (TPSA) is 57.3 Å². The van der Waals surface area contributed by atoms with Crippen LogP contribution in [-0.4, -0.2) is 37.6 Å². The Hall–Kier alpha value is -2.60. The maximum absolute atomic E-state index is 12.1. The number of hydrogen-bond acceptors (Lipinski definition) is 5. The highest BCUT2D eigenvalue weighted by atomic mass is 32.1. The van der Waals surface area contributed by atoms with Gasteiger partial charge in [-0.3, -0.25) is 4.79 Å². The third-order valence-electron chi connectivity index (χ3n) is 5.67. The molecule has 0 radical (unpaired) electrons. The Morgan fingerprint density at radius 1 is 1.14 bits per heavy atom. The predicted molar refractivity (Wildman–Crippen MR) is 122 cm³/mol. The Morgan fingerprint density at radius 3 is 2.66 bits per heavy atom. The molecule has 1 aromatic carbocycles. The molecule has 1 aliphatic rings. The lowest BCUT2D eigenvalue weighted by molar-refractivity contribution is 0.0947. The van der Waals surface area contributed by atoms with E-state index in [1.165, 1.54) is 22.4 Å². The van der Waals surface area contributed by atoms with Crippen molar-refractivity contribution in [1.29, 1.82) is 0 Å². The predicted octanol–water partition coefficient (Wildman–Crippen LogP) is 4.76. The van der Waals surface area contributed by atoms with E-state index in [9.17, 15) is 4.79 Å². The lowest BCUT2D eigenvalue weighted by Gasteiger charge is -2.30. The van der Waals surface area contributed by atoms with Crippen LogP contribution in [0.25, 0.3) is 10.9 Å². The second-order valence-electron chi connectivity index (χ2n) is 7.99. The van der Waals surface area contributed by atoms with Crippen molar-refractivity contribution in [1.82, 2.24) is 10.3 Å². The van der Waals surface area contributed by atoms with Gasteiger partial charge in [0.25, 0.3) is 5.91 Å². The monoisotopic (exact) mass is 408 g/mol. The van der Waals surface area contributed by atoms with Crippen LogP contribution in [0.15, 0.2) is 47.8 Å². The first-order valence-corrected chi connectivity index (χ1v) is 11.1. The molecule has 0 saturated heterocycles. The summed E-state index contributed by atoms with van der Waals surface area (Å²) in [5, 5.41) is 9.86. The number of rotatable bonds is 6. The third kappa shape index (κ3) is 4.70. The molecule has 152 valence electrons. The molecule has 5 nitrogen and oxygen atoms in total. The maximum atomic E-state index is 12.1. The van der Waals surface area contributed by atoms with Crippen molar-refractivity contribution in [3.8, 4) is 0 Å². The van der Waals surface area contributed by atoms with Crippen LogP contribution in [0.2, 0.25) is 0 Å². The summed E-state index contributed by atoms with van der Waals surface area (Å²) in [5.41, 5.74) is 2.20. The van der Waals surface area contributed by atoms with Crippen LogP contribution in [0.3, 0.4) is 0 Å². The standard InChI is InChI=1S/C23H28N4OS/c1-27(2)20-14-22(26-19-7-4-3-6-18(19)20)25-17-11-9-16(10-12-17)15-24-23(28)21-8-5-13-29-21/h3-8,13-14,16-17H,9-12,15H2,1-2H3,(H,24,28)(H,25,26). The summed E-state index contributed by atoms with van der Waals surface area (Å²) >= 11 is 1.49. The first-order valence-electron chi connectivity index (χ1n) is 10.3. The van der Waals surface area contributed by atoms with Crippen molar-refractivity contribution < 1.29 is 4.79 Å². The summed E-state index contributed by atoms with van der Waals surface area (Å²) in [4.78, 5) is 19.9. The number of anilines is 2. The summed E-state index contributed by atoms with van der Waals surface area (Å²) in [6.07, 6.45) is 4.45. The highest BCUT2D eigenvalue weighted by Gasteiger charge is 2.22. The molecule has 0 spiro atoms. The molecule has 0 bridgehead atoms. The SMILES string of the molecule is CN(C)c1cc(NC2CCC(CNC(=O)c3cccs3)CC2)nc2ccccc12. The van der Waals surface area contributed by atoms with Gasteiger partial charge in [-0.2, -0.15) is 0 Å². The third-order valence-corrected chi connectivity index (χ3v) is 6.54. The molecular weight excluding hydrogens is 380 g/mol. The second-order valence-corrected chi connectivity index (χ2v) is 8.94. The van der Waals surface area contributed by atoms with E-state index in [4.69, 9.17) is 4.98 Å². The van der Waals surface area contributed by atoms with Gasteiger partial charge in [-0.1, -0.05) is 24.3 Å². The van der Waals surface area contributed by atoms with E-state index in [0.29, 0.717) is 12.0 Å². The first kappa shape index (κ1) is 19.7. The average Bonchev–Trinajstić information content (AvgIpc) is 3.27. The van der Waals surface area contributed by atoms with Crippen LogP contribution >= 0.6 is 11.3 Å². The molecule has 0 atom stereocenters. The summed E-state index contributed by atoms with van der Waals surface area (Å²) in [5.74, 6) is 1.55. The molecule has 4 rings (SSSR count). The fraction of sp³-hybridized carbons (Fsp3) is 0.391. The molecule has 6 heteroatoms. The smallest absolute Gasteiger partial charge is 0.261 e. The number of amides is 1. The van der Waals surface area contributed by atoms with Crippen molar-refractivity contribution in [2.45, 2.75) is 31.7 Å². The van der Waals surface area contributed by atoms with Crippen LogP contribution in [0.1, 0.15) is 35.4 Å². The zero-order valence-electron chi connectivity index (χ0n) is 17.0. The molecule has 0 aliphatic heterocycles. The summed E-state index contributed by atoms with van der Waals surface area (Å²) in [7, 11) is 4.14. The number of hydrogen-bond donors (Lipinski definition) is 2. The van der Waals surface area contributed by atoms with Gasteiger partial charge in [-0.25, -0.2) is 4.98 Å². The van der Waals surface area contributed by atoms with E-state index in [0.717, 1.165) is 48.4 Å². The second kappa shape index (κ2) is 8.82. The van der Waals surface area contributed by atoms with Crippen LogP contribution in [0.5, 0.6) is 0 Å². The van der Waals surface area contributed by atoms with E-state index in [1.54, 1.807) is 0 Å². The maximum Gasteiger partial charge on any atom is 0.261 e. The van der Waals surface area contributed by atoms with Crippen LogP contribution in [0.4, 0.5) is 11.5 Å². The Morgan fingerprint density at radius 2 is 1.93 bits per heavy atom. The molecule has 3 aromatic rings. The normalized spacial score (nSPS) is 19.1. The minimum Gasteiger partial charge on any atom is -0.377 e. The fourth-order valence-electron chi connectivity index (χ4n) is 4.05. The first-order chi connectivity index (χ1) is 14.1. The number of benzene rings is 1. The average molecular weight is 409 g/mol. The quantitative estimate of drug-likeness (QED) is 0.617. The Kier molecular flexibility index (Phi) is 6.00. The summed E-state index contributed by atoms with van der Waals surface area (Å²) in [6, 6.07) is 14.7. The van der Waals surface area contributed by atoms with Crippen molar-refractivity contribution in [3.05, 3.63) is 52.7 Å². The molecule has 2 heterocycles. The van der Waals surface area contributed by atoms with E-state index in [2.05, 4.69) is 53.9 Å². The van der Waals surface area contributed by atoms with Gasteiger partial charge in [-0.05, 0) is 49.1 Å². The molecule has 1 amide bonds. The molecular formula is C23H28N4OS. The molecule has 1 saturated carbocycles. The molecule has 29 heavy (non-hydrogen) atoms. The number of para-hydroxylation sites is 1. The number of carbonyl (C=O) groups is 1. The molecule has 1 fully saturated rings. The number of nitrogens with one attached hydrogen (secondary N) is 2. The Balaban J connectivity index is 1.33. The number of pyridine rings is 1. The van der Waals surface area contributed by atoms with Gasteiger partial charge < -0.3 is 15.5 Å². The van der Waals surface area contributed by atoms with Gasteiger partial charge in [0, 0.05) is 43.8 Å². The van der Waals surface area contributed by atoms with Gasteiger partial charge in [0.05, 0.1) is 10.4 Å². The van der Waals surface area contributed by atoms with E-state index in [1.807, 2.05) is 23.6 Å². The fourth-order valence-corrected chi connectivity index (χ4v) is 4.69. The zero-order valence-corrected chi connectivity index (χ0v) is 17.8. The lowest BCUT2D eigenvalue weighted by Crippen LogP contribution is -2.33. The zero-order chi connectivity index (χ0) is 20.2. The van der Waals surface area contributed by atoms with Gasteiger partial charge >= 0.3 is 0 Å². The van der Waals surface area contributed by atoms with Crippen LogP contribution < -0.4 is 15.5 Å². The van der Waals surface area contributed by atoms with Gasteiger partial charge in [-0.15, -0.1) is 11.3 Å². The van der Waals surface area contributed by atoms with Crippen molar-refractivity contribution >= 4 is 39.7 Å². The summed E-state index contributed by atoms with van der Waals surface area (Å²) in [6.45, 7) is 0.766. The number of aromatic nitrogens is 1. The number of carbonyl (C=O) groups excluding carboxylic acids is 1. The van der Waals surface area contributed by atoms with E-state index < -0.39 is 0 Å². The Bertz CT molecular complexity index is 962. The van der Waals surface area contributed by atoms with Crippen molar-refractivity contribution in [3.63, 3.8) is 0 Å². The number of thiophene rings is 1.